The fourth-order valence-electron chi connectivity index (χ4n) is 4.84. The summed E-state index contributed by atoms with van der Waals surface area (Å²) >= 11 is 6.27. The van der Waals surface area contributed by atoms with Crippen LogP contribution in [-0.2, 0) is 6.42 Å². The summed E-state index contributed by atoms with van der Waals surface area (Å²) in [5.74, 6) is 0.842. The van der Waals surface area contributed by atoms with E-state index in [-0.39, 0.29) is 0 Å². The van der Waals surface area contributed by atoms with Gasteiger partial charge in [0.1, 0.15) is 5.75 Å². The summed E-state index contributed by atoms with van der Waals surface area (Å²) in [5, 5.41) is 6.78. The number of methoxy groups -OCH3 is 1. The molecule has 4 aromatic rings. The zero-order valence-corrected chi connectivity index (χ0v) is 19.8. The summed E-state index contributed by atoms with van der Waals surface area (Å²) in [4.78, 5) is 7.45. The van der Waals surface area contributed by atoms with Gasteiger partial charge in [-0.1, -0.05) is 41.9 Å². The summed E-state index contributed by atoms with van der Waals surface area (Å²) in [6, 6.07) is 23.3. The lowest BCUT2D eigenvalue weighted by molar-refractivity contribution is 0.217. The predicted octanol–water partition coefficient (Wildman–Crippen LogP) is 6.56. The molecule has 4 nitrogen and oxygen atoms in total. The number of anilines is 1. The first-order valence-corrected chi connectivity index (χ1v) is 12.2. The lowest BCUT2D eigenvalue weighted by Crippen LogP contribution is -2.39. The molecular weight excluding hydrogens is 430 g/mol. The number of rotatable bonds is 7. The van der Waals surface area contributed by atoms with Crippen molar-refractivity contribution in [2.45, 2.75) is 31.7 Å². The quantitative estimate of drug-likeness (QED) is 0.317. The first-order chi connectivity index (χ1) is 16.2. The third-order valence-corrected chi connectivity index (χ3v) is 6.90. The van der Waals surface area contributed by atoms with Crippen LogP contribution in [0.4, 0.5) is 5.69 Å². The number of aromatic nitrogens is 1. The number of likely N-dealkylation sites (tertiary alicyclic amines) is 1. The molecule has 0 radical (unpaired) electrons. The Labute approximate surface area is 200 Å². The highest BCUT2D eigenvalue weighted by atomic mass is 35.5. The molecule has 0 saturated carbocycles. The number of hydrogen-bond donors (Lipinski definition) is 1. The fraction of sp³-hybridized carbons (Fsp3) is 0.321. The number of benzene rings is 3. The monoisotopic (exact) mass is 459 g/mol. The molecule has 1 aromatic heterocycles. The van der Waals surface area contributed by atoms with Crippen LogP contribution in [0.5, 0.6) is 5.75 Å². The van der Waals surface area contributed by atoms with Gasteiger partial charge in [0.15, 0.2) is 0 Å². The minimum Gasteiger partial charge on any atom is -0.497 e. The molecule has 33 heavy (non-hydrogen) atoms. The average molecular weight is 460 g/mol. The molecule has 3 aromatic carbocycles. The van der Waals surface area contributed by atoms with E-state index in [1.807, 2.05) is 24.3 Å². The van der Waals surface area contributed by atoms with Gasteiger partial charge in [-0.25, -0.2) is 4.98 Å². The van der Waals surface area contributed by atoms with E-state index in [0.29, 0.717) is 11.1 Å². The lowest BCUT2D eigenvalue weighted by atomic mass is 10.0. The van der Waals surface area contributed by atoms with E-state index in [2.05, 4.69) is 52.7 Å². The molecule has 1 N–H and O–H groups in total. The van der Waals surface area contributed by atoms with Crippen molar-refractivity contribution in [3.05, 3.63) is 77.3 Å². The number of nitrogens with one attached hydrogen (secondary N) is 1. The zero-order valence-electron chi connectivity index (χ0n) is 19.1. The largest absolute Gasteiger partial charge is 0.497 e. The number of piperidine rings is 1. The lowest BCUT2D eigenvalue weighted by Gasteiger charge is -2.33. The maximum atomic E-state index is 6.27. The van der Waals surface area contributed by atoms with E-state index in [0.717, 1.165) is 65.6 Å². The summed E-state index contributed by atoms with van der Waals surface area (Å²) in [6.45, 7) is 3.42. The molecule has 0 amide bonds. The van der Waals surface area contributed by atoms with Gasteiger partial charge in [0.25, 0.3) is 0 Å². The van der Waals surface area contributed by atoms with E-state index in [4.69, 9.17) is 21.3 Å². The molecule has 1 aliphatic rings. The van der Waals surface area contributed by atoms with E-state index < -0.39 is 0 Å². The maximum Gasteiger partial charge on any atom is 0.119 e. The van der Waals surface area contributed by atoms with Crippen LogP contribution < -0.4 is 10.1 Å². The van der Waals surface area contributed by atoms with Crippen molar-refractivity contribution in [2.75, 3.05) is 32.1 Å². The Bertz CT molecular complexity index is 1240. The average Bonchev–Trinajstić information content (AvgIpc) is 2.85. The first-order valence-electron chi connectivity index (χ1n) is 11.8. The van der Waals surface area contributed by atoms with Crippen LogP contribution in [0.25, 0.3) is 21.8 Å². The smallest absolute Gasteiger partial charge is 0.119 e. The van der Waals surface area contributed by atoms with Crippen LogP contribution in [0.3, 0.4) is 0 Å². The highest BCUT2D eigenvalue weighted by Gasteiger charge is 2.21. The van der Waals surface area contributed by atoms with Crippen molar-refractivity contribution in [3.8, 4) is 5.75 Å². The standard InChI is InChI=1S/C28H30ClN3O/c1-33-23-10-12-26-25(19-23)28(24-11-9-21(29)18-27(24)31-26)30-22-13-16-32(17-14-22)15-5-8-20-6-3-2-4-7-20/h2-4,6-7,9-12,18-19,22H,5,8,13-17H2,1H3,(H,30,31). The second-order valence-corrected chi connectivity index (χ2v) is 9.32. The minimum absolute atomic E-state index is 0.436. The Morgan fingerprint density at radius 3 is 2.58 bits per heavy atom. The van der Waals surface area contributed by atoms with Gasteiger partial charge in [0, 0.05) is 34.9 Å². The van der Waals surface area contributed by atoms with Gasteiger partial charge in [-0.15, -0.1) is 0 Å². The van der Waals surface area contributed by atoms with Crippen molar-refractivity contribution in [3.63, 3.8) is 0 Å². The van der Waals surface area contributed by atoms with Crippen molar-refractivity contribution < 1.29 is 4.74 Å². The van der Waals surface area contributed by atoms with Gasteiger partial charge < -0.3 is 15.0 Å². The highest BCUT2D eigenvalue weighted by molar-refractivity contribution is 6.31. The fourth-order valence-corrected chi connectivity index (χ4v) is 5.00. The molecule has 0 unspecified atom stereocenters. The molecule has 0 aliphatic carbocycles. The van der Waals surface area contributed by atoms with Gasteiger partial charge in [0.05, 0.1) is 23.8 Å². The Kier molecular flexibility index (Phi) is 6.65. The van der Waals surface area contributed by atoms with Crippen molar-refractivity contribution in [1.82, 2.24) is 9.88 Å². The first kappa shape index (κ1) is 22.0. The van der Waals surface area contributed by atoms with Crippen molar-refractivity contribution >= 4 is 39.1 Å². The van der Waals surface area contributed by atoms with Gasteiger partial charge in [-0.3, -0.25) is 0 Å². The number of fused-ring (bicyclic) bond motifs is 2. The SMILES string of the molecule is COc1ccc2nc3cc(Cl)ccc3c(NC3CCN(CCCc4ccccc4)CC3)c2c1. The minimum atomic E-state index is 0.436. The molecule has 2 heterocycles. The van der Waals surface area contributed by atoms with Crippen LogP contribution in [0.2, 0.25) is 5.02 Å². The summed E-state index contributed by atoms with van der Waals surface area (Å²) in [7, 11) is 1.70. The van der Waals surface area contributed by atoms with Crippen LogP contribution >= 0.6 is 11.6 Å². The Hall–Kier alpha value is -2.82. The van der Waals surface area contributed by atoms with Gasteiger partial charge >= 0.3 is 0 Å². The van der Waals surface area contributed by atoms with Crippen LogP contribution in [0.1, 0.15) is 24.8 Å². The second-order valence-electron chi connectivity index (χ2n) is 8.88. The number of hydrogen-bond acceptors (Lipinski definition) is 4. The Morgan fingerprint density at radius 1 is 0.970 bits per heavy atom. The molecule has 5 heteroatoms. The molecule has 170 valence electrons. The van der Waals surface area contributed by atoms with E-state index >= 15 is 0 Å². The van der Waals surface area contributed by atoms with E-state index in [9.17, 15) is 0 Å². The van der Waals surface area contributed by atoms with Crippen molar-refractivity contribution in [1.29, 1.82) is 0 Å². The molecular formula is C28H30ClN3O. The van der Waals surface area contributed by atoms with E-state index in [1.165, 1.54) is 18.5 Å². The number of halogens is 1. The zero-order chi connectivity index (χ0) is 22.6. The van der Waals surface area contributed by atoms with Crippen LogP contribution in [0, 0.1) is 0 Å². The molecule has 1 saturated heterocycles. The number of nitrogens with zero attached hydrogens (tertiary/aromatic N) is 2. The third-order valence-electron chi connectivity index (χ3n) is 6.66. The molecule has 1 aliphatic heterocycles. The molecule has 0 atom stereocenters. The number of ether oxygens (including phenoxy) is 1. The highest BCUT2D eigenvalue weighted by Crippen LogP contribution is 2.35. The predicted molar refractivity (Wildman–Crippen MR) is 139 cm³/mol. The van der Waals surface area contributed by atoms with E-state index in [1.54, 1.807) is 7.11 Å². The summed E-state index contributed by atoms with van der Waals surface area (Å²) < 4.78 is 5.50. The Balaban J connectivity index is 1.29. The maximum absolute atomic E-state index is 6.27. The topological polar surface area (TPSA) is 37.4 Å². The molecule has 5 rings (SSSR count). The van der Waals surface area contributed by atoms with Gasteiger partial charge in [-0.05, 0) is 74.2 Å². The molecule has 0 bridgehead atoms. The van der Waals surface area contributed by atoms with Crippen LogP contribution in [-0.4, -0.2) is 42.7 Å². The Morgan fingerprint density at radius 2 is 1.79 bits per heavy atom. The molecule has 1 fully saturated rings. The van der Waals surface area contributed by atoms with Crippen molar-refractivity contribution in [2.24, 2.45) is 0 Å². The van der Waals surface area contributed by atoms with Gasteiger partial charge in [0.2, 0.25) is 0 Å². The molecule has 0 spiro atoms. The number of pyridine rings is 1. The third kappa shape index (κ3) is 5.07. The summed E-state index contributed by atoms with van der Waals surface area (Å²) in [5.41, 5.74) is 4.43. The second kappa shape index (κ2) is 9.98. The number of aryl methyl sites for hydroxylation is 1. The normalized spacial score (nSPS) is 15.2. The summed E-state index contributed by atoms with van der Waals surface area (Å²) in [6.07, 6.45) is 4.63. The van der Waals surface area contributed by atoms with Gasteiger partial charge in [-0.2, -0.15) is 0 Å². The van der Waals surface area contributed by atoms with Crippen LogP contribution in [0.15, 0.2) is 66.7 Å².